The molecule has 1 heterocycles. The maximum absolute atomic E-state index is 13.1. The zero-order valence-electron chi connectivity index (χ0n) is 12.0. The number of esters is 1. The second-order valence-electron chi connectivity index (χ2n) is 4.98. The molecule has 1 fully saturated rings. The molecule has 0 unspecified atom stereocenters. The molecule has 0 radical (unpaired) electrons. The van der Waals surface area contributed by atoms with Crippen molar-refractivity contribution in [2.24, 2.45) is 5.92 Å². The highest BCUT2D eigenvalue weighted by Gasteiger charge is 2.29. The molecular formula is C15H19FN2O3. The smallest absolute Gasteiger partial charge is 0.321 e. The molecule has 1 aliphatic heterocycles. The van der Waals surface area contributed by atoms with Crippen LogP contribution in [0.2, 0.25) is 0 Å². The monoisotopic (exact) mass is 294 g/mol. The lowest BCUT2D eigenvalue weighted by atomic mass is 9.98. The first-order valence-corrected chi connectivity index (χ1v) is 7.08. The van der Waals surface area contributed by atoms with E-state index in [4.69, 9.17) is 4.74 Å². The van der Waals surface area contributed by atoms with Crippen LogP contribution < -0.4 is 5.32 Å². The number of carbonyl (C=O) groups is 2. The maximum Gasteiger partial charge on any atom is 0.321 e. The minimum Gasteiger partial charge on any atom is -0.466 e. The average molecular weight is 294 g/mol. The van der Waals surface area contributed by atoms with Gasteiger partial charge in [0.2, 0.25) is 0 Å². The van der Waals surface area contributed by atoms with Crippen molar-refractivity contribution in [3.63, 3.8) is 0 Å². The van der Waals surface area contributed by atoms with Crippen LogP contribution in [-0.4, -0.2) is 36.6 Å². The molecule has 2 amide bonds. The first-order valence-electron chi connectivity index (χ1n) is 7.08. The van der Waals surface area contributed by atoms with E-state index in [0.29, 0.717) is 25.4 Å². The molecule has 6 heteroatoms. The largest absolute Gasteiger partial charge is 0.466 e. The first-order chi connectivity index (χ1) is 10.1. The van der Waals surface area contributed by atoms with Crippen LogP contribution in [0.15, 0.2) is 24.3 Å². The van der Waals surface area contributed by atoms with E-state index in [1.54, 1.807) is 17.9 Å². The maximum atomic E-state index is 13.1. The van der Waals surface area contributed by atoms with Crippen LogP contribution in [0.25, 0.3) is 0 Å². The molecule has 114 valence electrons. The fraction of sp³-hybridized carbons (Fsp3) is 0.467. The number of hydrogen-bond donors (Lipinski definition) is 1. The number of amides is 2. The molecule has 5 nitrogen and oxygen atoms in total. The van der Waals surface area contributed by atoms with E-state index < -0.39 is 5.82 Å². The Morgan fingerprint density at radius 2 is 2.29 bits per heavy atom. The fourth-order valence-electron chi connectivity index (χ4n) is 2.38. The number of anilines is 1. The number of nitrogens with one attached hydrogen (secondary N) is 1. The minimum atomic E-state index is -0.407. The summed E-state index contributed by atoms with van der Waals surface area (Å²) < 4.78 is 18.1. The Balaban J connectivity index is 1.94. The van der Waals surface area contributed by atoms with Crippen molar-refractivity contribution >= 4 is 17.7 Å². The average Bonchev–Trinajstić information content (AvgIpc) is 2.47. The lowest BCUT2D eigenvalue weighted by molar-refractivity contribution is -0.149. The summed E-state index contributed by atoms with van der Waals surface area (Å²) in [6, 6.07) is 5.39. The predicted octanol–water partition coefficient (Wildman–Crippen LogP) is 2.63. The molecule has 1 aromatic carbocycles. The number of rotatable bonds is 3. The van der Waals surface area contributed by atoms with E-state index in [0.717, 1.165) is 12.8 Å². The SMILES string of the molecule is CCOC(=O)[C@H]1CCCN(C(=O)Nc2cccc(F)c2)C1. The Kier molecular flexibility index (Phi) is 5.14. The number of carbonyl (C=O) groups excluding carboxylic acids is 2. The van der Waals surface area contributed by atoms with Gasteiger partial charge in [0.15, 0.2) is 0 Å². The van der Waals surface area contributed by atoms with Gasteiger partial charge in [-0.2, -0.15) is 0 Å². The fourth-order valence-corrected chi connectivity index (χ4v) is 2.38. The molecule has 0 aliphatic carbocycles. The van der Waals surface area contributed by atoms with E-state index in [1.165, 1.54) is 18.2 Å². The number of piperidine rings is 1. The second kappa shape index (κ2) is 7.06. The molecule has 0 aromatic heterocycles. The van der Waals surface area contributed by atoms with Crippen molar-refractivity contribution in [2.75, 3.05) is 25.0 Å². The summed E-state index contributed by atoms with van der Waals surface area (Å²) in [6.45, 7) is 3.01. The molecule has 2 rings (SSSR count). The number of urea groups is 1. The van der Waals surface area contributed by atoms with E-state index in [-0.39, 0.29) is 17.9 Å². The summed E-state index contributed by atoms with van der Waals surface area (Å²) in [4.78, 5) is 25.4. The number of likely N-dealkylation sites (tertiary alicyclic amines) is 1. The second-order valence-corrected chi connectivity index (χ2v) is 4.98. The molecule has 0 bridgehead atoms. The number of ether oxygens (including phenoxy) is 1. The minimum absolute atomic E-state index is 0.263. The van der Waals surface area contributed by atoms with Crippen LogP contribution in [-0.2, 0) is 9.53 Å². The molecule has 0 spiro atoms. The van der Waals surface area contributed by atoms with Gasteiger partial charge in [-0.1, -0.05) is 6.07 Å². The van der Waals surface area contributed by atoms with Gasteiger partial charge in [-0.3, -0.25) is 4.79 Å². The highest BCUT2D eigenvalue weighted by molar-refractivity contribution is 5.89. The Labute approximate surface area is 123 Å². The molecule has 0 saturated carbocycles. The molecular weight excluding hydrogens is 275 g/mol. The summed E-state index contributed by atoms with van der Waals surface area (Å²) >= 11 is 0. The van der Waals surface area contributed by atoms with Gasteiger partial charge >= 0.3 is 12.0 Å². The van der Waals surface area contributed by atoms with Crippen molar-refractivity contribution in [2.45, 2.75) is 19.8 Å². The third-order valence-electron chi connectivity index (χ3n) is 3.40. The Morgan fingerprint density at radius 1 is 1.48 bits per heavy atom. The zero-order chi connectivity index (χ0) is 15.2. The summed E-state index contributed by atoms with van der Waals surface area (Å²) in [5.74, 6) is -0.950. The van der Waals surface area contributed by atoms with Gasteiger partial charge in [-0.05, 0) is 38.0 Å². The van der Waals surface area contributed by atoms with Gasteiger partial charge in [0.05, 0.1) is 12.5 Å². The van der Waals surface area contributed by atoms with Crippen molar-refractivity contribution < 1.29 is 18.7 Å². The molecule has 1 N–H and O–H groups in total. The number of benzene rings is 1. The highest BCUT2D eigenvalue weighted by Crippen LogP contribution is 2.19. The number of hydrogen-bond acceptors (Lipinski definition) is 3. The van der Waals surface area contributed by atoms with Crippen molar-refractivity contribution in [1.29, 1.82) is 0 Å². The van der Waals surface area contributed by atoms with E-state index in [2.05, 4.69) is 5.32 Å². The lowest BCUT2D eigenvalue weighted by Crippen LogP contribution is -2.44. The molecule has 1 saturated heterocycles. The molecule has 21 heavy (non-hydrogen) atoms. The standard InChI is InChI=1S/C15H19FN2O3/c1-2-21-14(19)11-5-4-8-18(10-11)15(20)17-13-7-3-6-12(16)9-13/h3,6-7,9,11H,2,4-5,8,10H2,1H3,(H,17,20)/t11-/m0/s1. The number of nitrogens with zero attached hydrogens (tertiary/aromatic N) is 1. The quantitative estimate of drug-likeness (QED) is 0.872. The predicted molar refractivity (Wildman–Crippen MR) is 76.3 cm³/mol. The molecule has 1 aromatic rings. The van der Waals surface area contributed by atoms with Crippen LogP contribution in [0, 0.1) is 11.7 Å². The van der Waals surface area contributed by atoms with Gasteiger partial charge in [0, 0.05) is 18.8 Å². The van der Waals surface area contributed by atoms with Crippen LogP contribution in [0.4, 0.5) is 14.9 Å². The van der Waals surface area contributed by atoms with Gasteiger partial charge in [0.1, 0.15) is 5.82 Å². The van der Waals surface area contributed by atoms with Crippen molar-refractivity contribution in [3.05, 3.63) is 30.1 Å². The van der Waals surface area contributed by atoms with Gasteiger partial charge in [0.25, 0.3) is 0 Å². The normalized spacial score (nSPS) is 18.2. The molecule has 1 atom stereocenters. The van der Waals surface area contributed by atoms with E-state index >= 15 is 0 Å². The lowest BCUT2D eigenvalue weighted by Gasteiger charge is -2.31. The summed E-state index contributed by atoms with van der Waals surface area (Å²) in [7, 11) is 0. The van der Waals surface area contributed by atoms with E-state index in [9.17, 15) is 14.0 Å². The zero-order valence-corrected chi connectivity index (χ0v) is 12.0. The third kappa shape index (κ3) is 4.18. The molecule has 1 aliphatic rings. The Hall–Kier alpha value is -2.11. The van der Waals surface area contributed by atoms with Crippen LogP contribution in [0.1, 0.15) is 19.8 Å². The Morgan fingerprint density at radius 3 is 3.00 bits per heavy atom. The van der Waals surface area contributed by atoms with E-state index in [1.807, 2.05) is 0 Å². The summed E-state index contributed by atoms with van der Waals surface area (Å²) in [5.41, 5.74) is 0.401. The van der Waals surface area contributed by atoms with Gasteiger partial charge in [-0.25, -0.2) is 9.18 Å². The van der Waals surface area contributed by atoms with Crippen molar-refractivity contribution in [3.8, 4) is 0 Å². The third-order valence-corrected chi connectivity index (χ3v) is 3.40. The number of halogens is 1. The van der Waals surface area contributed by atoms with Crippen LogP contribution in [0.5, 0.6) is 0 Å². The van der Waals surface area contributed by atoms with Gasteiger partial charge in [-0.15, -0.1) is 0 Å². The topological polar surface area (TPSA) is 58.6 Å². The van der Waals surface area contributed by atoms with Crippen LogP contribution >= 0.6 is 0 Å². The first kappa shape index (κ1) is 15.3. The van der Waals surface area contributed by atoms with Gasteiger partial charge < -0.3 is 15.0 Å². The van der Waals surface area contributed by atoms with Crippen LogP contribution in [0.3, 0.4) is 0 Å². The Bertz CT molecular complexity index is 521. The summed E-state index contributed by atoms with van der Waals surface area (Å²) in [6.07, 6.45) is 1.47. The summed E-state index contributed by atoms with van der Waals surface area (Å²) in [5, 5.41) is 2.64. The van der Waals surface area contributed by atoms with Crippen molar-refractivity contribution in [1.82, 2.24) is 4.90 Å². The highest BCUT2D eigenvalue weighted by atomic mass is 19.1.